The minimum atomic E-state index is -0.613. The highest BCUT2D eigenvalue weighted by Crippen LogP contribution is 2.30. The standard InChI is InChI=1S/C13H15Cl2N3O3/c14-11-7-9(18(20)21)6-10(12(11)15)13(19)17-5-1-4-16-8-2-3-8/h6-8,16H,1-5H2,(H,17,19). The third-order valence-corrected chi connectivity index (χ3v) is 3.92. The van der Waals surface area contributed by atoms with E-state index in [4.69, 9.17) is 23.2 Å². The molecule has 2 N–H and O–H groups in total. The van der Waals surface area contributed by atoms with Crippen LogP contribution in [-0.2, 0) is 0 Å². The van der Waals surface area contributed by atoms with E-state index in [1.807, 2.05) is 0 Å². The van der Waals surface area contributed by atoms with Gasteiger partial charge in [0.25, 0.3) is 11.6 Å². The molecule has 0 spiro atoms. The Balaban J connectivity index is 1.92. The lowest BCUT2D eigenvalue weighted by Gasteiger charge is -2.08. The number of nitrogens with zero attached hydrogens (tertiary/aromatic N) is 1. The minimum absolute atomic E-state index is 0.00795. The lowest BCUT2D eigenvalue weighted by Crippen LogP contribution is -2.28. The molecule has 1 aromatic carbocycles. The van der Waals surface area contributed by atoms with Crippen molar-refractivity contribution < 1.29 is 9.72 Å². The molecular formula is C13H15Cl2N3O3. The Hall–Kier alpha value is -1.37. The van der Waals surface area contributed by atoms with E-state index in [9.17, 15) is 14.9 Å². The van der Waals surface area contributed by atoms with Gasteiger partial charge in [-0.3, -0.25) is 14.9 Å². The summed E-state index contributed by atoms with van der Waals surface area (Å²) in [5.41, 5.74) is -0.240. The largest absolute Gasteiger partial charge is 0.352 e. The van der Waals surface area contributed by atoms with Gasteiger partial charge in [-0.05, 0) is 25.8 Å². The van der Waals surface area contributed by atoms with E-state index in [0.29, 0.717) is 12.6 Å². The summed E-state index contributed by atoms with van der Waals surface area (Å²) >= 11 is 11.7. The van der Waals surface area contributed by atoms with E-state index < -0.39 is 10.8 Å². The van der Waals surface area contributed by atoms with Gasteiger partial charge in [0.05, 0.1) is 20.5 Å². The highest BCUT2D eigenvalue weighted by atomic mass is 35.5. The Kier molecular flexibility index (Phi) is 5.39. The van der Waals surface area contributed by atoms with Gasteiger partial charge in [0, 0.05) is 24.7 Å². The molecule has 2 rings (SSSR count). The molecule has 0 atom stereocenters. The van der Waals surface area contributed by atoms with Crippen LogP contribution in [0.5, 0.6) is 0 Å². The first-order valence-electron chi connectivity index (χ1n) is 6.64. The SMILES string of the molecule is O=C(NCCCNC1CC1)c1cc([N+](=O)[O-])cc(Cl)c1Cl. The first kappa shape index (κ1) is 16.0. The summed E-state index contributed by atoms with van der Waals surface area (Å²) in [6, 6.07) is 2.89. The third kappa shape index (κ3) is 4.56. The molecule has 1 saturated carbocycles. The number of nitro benzene ring substituents is 1. The van der Waals surface area contributed by atoms with Crippen molar-refractivity contribution in [1.29, 1.82) is 0 Å². The van der Waals surface area contributed by atoms with E-state index in [2.05, 4.69) is 10.6 Å². The van der Waals surface area contributed by atoms with Gasteiger partial charge >= 0.3 is 0 Å². The Labute approximate surface area is 132 Å². The number of hydrogen-bond donors (Lipinski definition) is 2. The molecule has 1 aromatic rings. The number of nitro groups is 1. The fraction of sp³-hybridized carbons (Fsp3) is 0.462. The fourth-order valence-corrected chi connectivity index (χ4v) is 2.23. The van der Waals surface area contributed by atoms with Crippen LogP contribution in [0.3, 0.4) is 0 Å². The number of halogens is 2. The van der Waals surface area contributed by atoms with E-state index >= 15 is 0 Å². The maximum Gasteiger partial charge on any atom is 0.271 e. The molecule has 114 valence electrons. The highest BCUT2D eigenvalue weighted by molar-refractivity contribution is 6.44. The first-order valence-corrected chi connectivity index (χ1v) is 7.39. The van der Waals surface area contributed by atoms with Crippen LogP contribution in [0.2, 0.25) is 10.0 Å². The van der Waals surface area contributed by atoms with Gasteiger partial charge in [-0.15, -0.1) is 0 Å². The molecule has 0 radical (unpaired) electrons. The van der Waals surface area contributed by atoms with Crippen LogP contribution in [0.1, 0.15) is 29.6 Å². The number of hydrogen-bond acceptors (Lipinski definition) is 4. The topological polar surface area (TPSA) is 84.3 Å². The summed E-state index contributed by atoms with van der Waals surface area (Å²) in [7, 11) is 0. The minimum Gasteiger partial charge on any atom is -0.352 e. The van der Waals surface area contributed by atoms with Crippen LogP contribution in [0, 0.1) is 10.1 Å². The zero-order valence-corrected chi connectivity index (χ0v) is 12.7. The van der Waals surface area contributed by atoms with Crippen molar-refractivity contribution in [2.75, 3.05) is 13.1 Å². The molecule has 0 aromatic heterocycles. The second-order valence-corrected chi connectivity index (χ2v) is 5.67. The van der Waals surface area contributed by atoms with Gasteiger partial charge < -0.3 is 10.6 Å². The van der Waals surface area contributed by atoms with E-state index in [0.717, 1.165) is 25.1 Å². The summed E-state index contributed by atoms with van der Waals surface area (Å²) in [6.45, 7) is 1.30. The number of carbonyl (C=O) groups excluding carboxylic acids is 1. The first-order chi connectivity index (χ1) is 9.99. The fourth-order valence-electron chi connectivity index (χ4n) is 1.82. The predicted octanol–water partition coefficient (Wildman–Crippen LogP) is 2.77. The smallest absolute Gasteiger partial charge is 0.271 e. The Bertz CT molecular complexity index is 562. The molecule has 0 heterocycles. The van der Waals surface area contributed by atoms with Crippen molar-refractivity contribution in [3.05, 3.63) is 37.9 Å². The normalized spacial score (nSPS) is 14.0. The molecule has 21 heavy (non-hydrogen) atoms. The summed E-state index contributed by atoms with van der Waals surface area (Å²) in [5, 5.41) is 16.8. The van der Waals surface area contributed by atoms with Gasteiger partial charge in [-0.1, -0.05) is 23.2 Å². The maximum atomic E-state index is 12.0. The van der Waals surface area contributed by atoms with Crippen molar-refractivity contribution in [3.63, 3.8) is 0 Å². The molecule has 0 bridgehead atoms. The van der Waals surface area contributed by atoms with Gasteiger partial charge in [0.15, 0.2) is 0 Å². The van der Waals surface area contributed by atoms with Crippen molar-refractivity contribution in [2.24, 2.45) is 0 Å². The lowest BCUT2D eigenvalue weighted by atomic mass is 10.2. The van der Waals surface area contributed by atoms with Gasteiger partial charge in [-0.25, -0.2) is 0 Å². The summed E-state index contributed by atoms with van der Waals surface area (Å²) < 4.78 is 0. The van der Waals surface area contributed by atoms with Gasteiger partial charge in [-0.2, -0.15) is 0 Å². The lowest BCUT2D eigenvalue weighted by molar-refractivity contribution is -0.384. The number of non-ortho nitro benzene ring substituents is 1. The molecule has 1 aliphatic rings. The summed E-state index contributed by atoms with van der Waals surface area (Å²) in [6.07, 6.45) is 3.21. The maximum absolute atomic E-state index is 12.0. The van der Waals surface area contributed by atoms with Crippen LogP contribution in [0.25, 0.3) is 0 Å². The van der Waals surface area contributed by atoms with Gasteiger partial charge in [0.1, 0.15) is 0 Å². The number of rotatable bonds is 7. The molecule has 1 fully saturated rings. The molecule has 0 aliphatic heterocycles. The molecule has 8 heteroatoms. The zero-order valence-electron chi connectivity index (χ0n) is 11.2. The molecule has 6 nitrogen and oxygen atoms in total. The Morgan fingerprint density at radius 3 is 2.67 bits per heavy atom. The molecular weight excluding hydrogens is 317 g/mol. The number of benzene rings is 1. The molecule has 0 unspecified atom stereocenters. The summed E-state index contributed by atoms with van der Waals surface area (Å²) in [5.74, 6) is -0.461. The van der Waals surface area contributed by atoms with Crippen LogP contribution >= 0.6 is 23.2 Å². The molecule has 0 saturated heterocycles. The third-order valence-electron chi connectivity index (χ3n) is 3.12. The molecule has 1 aliphatic carbocycles. The average molecular weight is 332 g/mol. The van der Waals surface area contributed by atoms with Crippen molar-refractivity contribution in [1.82, 2.24) is 10.6 Å². The number of amides is 1. The second kappa shape index (κ2) is 7.06. The average Bonchev–Trinajstić information content (AvgIpc) is 3.25. The zero-order chi connectivity index (χ0) is 15.4. The Morgan fingerprint density at radius 1 is 1.33 bits per heavy atom. The number of carbonyl (C=O) groups is 1. The van der Waals surface area contributed by atoms with Crippen LogP contribution in [-0.4, -0.2) is 30.0 Å². The van der Waals surface area contributed by atoms with Crippen molar-refractivity contribution >= 4 is 34.8 Å². The quantitative estimate of drug-likeness (QED) is 0.457. The van der Waals surface area contributed by atoms with Gasteiger partial charge in [0.2, 0.25) is 0 Å². The van der Waals surface area contributed by atoms with Crippen LogP contribution < -0.4 is 10.6 Å². The van der Waals surface area contributed by atoms with Crippen LogP contribution in [0.15, 0.2) is 12.1 Å². The Morgan fingerprint density at radius 2 is 2.05 bits per heavy atom. The van der Waals surface area contributed by atoms with Crippen molar-refractivity contribution in [3.8, 4) is 0 Å². The van der Waals surface area contributed by atoms with E-state index in [1.165, 1.54) is 12.8 Å². The van der Waals surface area contributed by atoms with Crippen molar-refractivity contribution in [2.45, 2.75) is 25.3 Å². The van der Waals surface area contributed by atoms with Crippen LogP contribution in [0.4, 0.5) is 5.69 Å². The monoisotopic (exact) mass is 331 g/mol. The highest BCUT2D eigenvalue weighted by Gasteiger charge is 2.20. The van der Waals surface area contributed by atoms with E-state index in [1.54, 1.807) is 0 Å². The second-order valence-electron chi connectivity index (χ2n) is 4.88. The van der Waals surface area contributed by atoms with E-state index in [-0.39, 0.29) is 21.3 Å². The molecule has 1 amide bonds. The predicted molar refractivity (Wildman–Crippen MR) is 81.1 cm³/mol. The number of nitrogens with one attached hydrogen (secondary N) is 2. The summed E-state index contributed by atoms with van der Waals surface area (Å²) in [4.78, 5) is 22.2.